The molecular weight excluding hydrogens is 202 g/mol. The van der Waals surface area contributed by atoms with E-state index < -0.39 is 0 Å². The Balaban J connectivity index is 2.30. The summed E-state index contributed by atoms with van der Waals surface area (Å²) in [5.41, 5.74) is 1.66. The van der Waals surface area contributed by atoms with Gasteiger partial charge < -0.3 is 9.77 Å². The Labute approximate surface area is 94.1 Å². The lowest BCUT2D eigenvalue weighted by Crippen LogP contribution is -2.19. The lowest BCUT2D eigenvalue weighted by Gasteiger charge is -2.08. The first-order chi connectivity index (χ1) is 7.77. The van der Waals surface area contributed by atoms with Crippen molar-refractivity contribution in [1.82, 2.24) is 9.55 Å². The second-order valence-electron chi connectivity index (χ2n) is 3.55. The van der Waals surface area contributed by atoms with Crippen LogP contribution in [0, 0.1) is 5.21 Å². The Morgan fingerprint density at radius 1 is 1.38 bits per heavy atom. The number of imidazole rings is 1. The standard InChI is InChI=1S/C12H13N3O/c1-14(16)12(9-15-8-7-13-10-15)11-5-3-2-4-6-11/h2-8,10H,9H2,1H3/b14-12+. The Morgan fingerprint density at radius 3 is 2.69 bits per heavy atom. The molecule has 0 spiro atoms. The largest absolute Gasteiger partial charge is 0.624 e. The number of aromatic nitrogens is 2. The molecule has 82 valence electrons. The molecule has 4 heteroatoms. The van der Waals surface area contributed by atoms with Gasteiger partial charge in [-0.1, -0.05) is 18.2 Å². The molecule has 0 unspecified atom stereocenters. The van der Waals surface area contributed by atoms with Crippen LogP contribution in [0.2, 0.25) is 0 Å². The van der Waals surface area contributed by atoms with Crippen molar-refractivity contribution < 1.29 is 4.74 Å². The molecule has 0 radical (unpaired) electrons. The van der Waals surface area contributed by atoms with Crippen LogP contribution in [0.1, 0.15) is 5.56 Å². The van der Waals surface area contributed by atoms with E-state index in [1.165, 1.54) is 7.05 Å². The van der Waals surface area contributed by atoms with Crippen molar-refractivity contribution in [1.29, 1.82) is 0 Å². The smallest absolute Gasteiger partial charge is 0.214 e. The molecule has 0 atom stereocenters. The molecule has 0 saturated carbocycles. The van der Waals surface area contributed by atoms with Gasteiger partial charge in [0.1, 0.15) is 13.6 Å². The predicted octanol–water partition coefficient (Wildman–Crippen LogP) is 1.51. The van der Waals surface area contributed by atoms with Crippen LogP contribution < -0.4 is 0 Å². The number of nitrogens with zero attached hydrogens (tertiary/aromatic N) is 3. The number of hydroxylamine groups is 1. The van der Waals surface area contributed by atoms with Crippen LogP contribution >= 0.6 is 0 Å². The second-order valence-corrected chi connectivity index (χ2v) is 3.55. The van der Waals surface area contributed by atoms with Crippen LogP contribution in [0.15, 0.2) is 49.1 Å². The van der Waals surface area contributed by atoms with Crippen LogP contribution in [-0.4, -0.2) is 27.0 Å². The quantitative estimate of drug-likeness (QED) is 0.337. The van der Waals surface area contributed by atoms with Crippen molar-refractivity contribution in [3.8, 4) is 0 Å². The van der Waals surface area contributed by atoms with Crippen molar-refractivity contribution in [3.05, 3.63) is 59.8 Å². The highest BCUT2D eigenvalue weighted by atomic mass is 16.5. The van der Waals surface area contributed by atoms with Crippen LogP contribution in [-0.2, 0) is 6.54 Å². The fourth-order valence-electron chi connectivity index (χ4n) is 1.56. The topological polar surface area (TPSA) is 43.9 Å². The normalized spacial score (nSPS) is 12.3. The van der Waals surface area contributed by atoms with Gasteiger partial charge in [-0.15, -0.1) is 0 Å². The molecule has 2 rings (SSSR count). The molecule has 0 aliphatic rings. The van der Waals surface area contributed by atoms with Crippen LogP contribution in [0.25, 0.3) is 0 Å². The molecule has 0 N–H and O–H groups in total. The average Bonchev–Trinajstić information content (AvgIpc) is 2.79. The van der Waals surface area contributed by atoms with Crippen molar-refractivity contribution in [2.45, 2.75) is 6.54 Å². The summed E-state index contributed by atoms with van der Waals surface area (Å²) >= 11 is 0. The number of benzene rings is 1. The summed E-state index contributed by atoms with van der Waals surface area (Å²) in [6.07, 6.45) is 5.24. The molecular formula is C12H13N3O. The second kappa shape index (κ2) is 4.61. The SMILES string of the molecule is C/[N+]([O-])=C(/Cn1ccnc1)c1ccccc1. The van der Waals surface area contributed by atoms with Gasteiger partial charge in [0, 0.05) is 18.0 Å². The summed E-state index contributed by atoms with van der Waals surface area (Å²) in [5.74, 6) is 0. The maximum absolute atomic E-state index is 11.5. The first kappa shape index (κ1) is 10.4. The highest BCUT2D eigenvalue weighted by Crippen LogP contribution is 2.03. The summed E-state index contributed by atoms with van der Waals surface area (Å²) in [7, 11) is 1.51. The van der Waals surface area contributed by atoms with Crippen molar-refractivity contribution in [3.63, 3.8) is 0 Å². The molecule has 0 bridgehead atoms. The fourth-order valence-corrected chi connectivity index (χ4v) is 1.56. The van der Waals surface area contributed by atoms with Gasteiger partial charge in [0.15, 0.2) is 0 Å². The Morgan fingerprint density at radius 2 is 2.12 bits per heavy atom. The van der Waals surface area contributed by atoms with Gasteiger partial charge in [0.05, 0.1) is 6.33 Å². The molecule has 0 saturated heterocycles. The molecule has 1 heterocycles. The zero-order valence-corrected chi connectivity index (χ0v) is 9.08. The third-order valence-corrected chi connectivity index (χ3v) is 2.38. The molecule has 1 aromatic heterocycles. The summed E-state index contributed by atoms with van der Waals surface area (Å²) in [4.78, 5) is 3.96. The van der Waals surface area contributed by atoms with Crippen molar-refractivity contribution >= 4 is 5.71 Å². The van der Waals surface area contributed by atoms with Gasteiger partial charge >= 0.3 is 0 Å². The molecule has 16 heavy (non-hydrogen) atoms. The first-order valence-corrected chi connectivity index (χ1v) is 5.05. The maximum Gasteiger partial charge on any atom is 0.214 e. The minimum Gasteiger partial charge on any atom is -0.624 e. The summed E-state index contributed by atoms with van der Waals surface area (Å²) < 4.78 is 2.77. The monoisotopic (exact) mass is 215 g/mol. The van der Waals surface area contributed by atoms with Crippen LogP contribution in [0.3, 0.4) is 0 Å². The van der Waals surface area contributed by atoms with Crippen molar-refractivity contribution in [2.24, 2.45) is 0 Å². The van der Waals surface area contributed by atoms with Crippen LogP contribution in [0.5, 0.6) is 0 Å². The van der Waals surface area contributed by atoms with E-state index in [1.54, 1.807) is 12.5 Å². The highest BCUT2D eigenvalue weighted by Gasteiger charge is 2.10. The summed E-state index contributed by atoms with van der Waals surface area (Å²) in [5, 5.41) is 11.5. The Kier molecular flexibility index (Phi) is 3.00. The molecule has 0 amide bonds. The molecule has 4 nitrogen and oxygen atoms in total. The van der Waals surface area contributed by atoms with E-state index in [-0.39, 0.29) is 0 Å². The lowest BCUT2D eigenvalue weighted by atomic mass is 10.1. The minimum absolute atomic E-state index is 0.532. The van der Waals surface area contributed by atoms with Gasteiger partial charge in [-0.05, 0) is 12.1 Å². The van der Waals surface area contributed by atoms with E-state index in [9.17, 15) is 5.21 Å². The number of hydrogen-bond donors (Lipinski definition) is 0. The van der Waals surface area contributed by atoms with E-state index in [0.717, 1.165) is 16.0 Å². The lowest BCUT2D eigenvalue weighted by molar-refractivity contribution is -0.423. The van der Waals surface area contributed by atoms with Gasteiger partial charge in [-0.2, -0.15) is 0 Å². The average molecular weight is 215 g/mol. The van der Waals surface area contributed by atoms with Crippen LogP contribution in [0.4, 0.5) is 0 Å². The summed E-state index contributed by atoms with van der Waals surface area (Å²) in [6, 6.07) is 9.64. The van der Waals surface area contributed by atoms with E-state index in [4.69, 9.17) is 0 Å². The molecule has 0 aliphatic heterocycles. The third-order valence-electron chi connectivity index (χ3n) is 2.38. The maximum atomic E-state index is 11.5. The van der Waals surface area contributed by atoms with Gasteiger partial charge in [-0.3, -0.25) is 0 Å². The van der Waals surface area contributed by atoms with E-state index in [1.807, 2.05) is 41.1 Å². The zero-order valence-electron chi connectivity index (χ0n) is 9.08. The molecule has 0 fully saturated rings. The van der Waals surface area contributed by atoms with Gasteiger partial charge in [0.25, 0.3) is 0 Å². The summed E-state index contributed by atoms with van der Waals surface area (Å²) in [6.45, 7) is 0.532. The number of hydrogen-bond acceptors (Lipinski definition) is 2. The molecule has 1 aromatic carbocycles. The first-order valence-electron chi connectivity index (χ1n) is 5.05. The Bertz CT molecular complexity index is 470. The highest BCUT2D eigenvalue weighted by molar-refractivity contribution is 5.96. The minimum atomic E-state index is 0.532. The van der Waals surface area contributed by atoms with Gasteiger partial charge in [-0.25, -0.2) is 9.72 Å². The number of rotatable bonds is 3. The zero-order chi connectivity index (χ0) is 11.4. The van der Waals surface area contributed by atoms with E-state index >= 15 is 0 Å². The fraction of sp³-hybridized carbons (Fsp3) is 0.167. The van der Waals surface area contributed by atoms with E-state index in [0.29, 0.717) is 6.54 Å². The van der Waals surface area contributed by atoms with Crippen molar-refractivity contribution in [2.75, 3.05) is 7.05 Å². The molecule has 0 aliphatic carbocycles. The van der Waals surface area contributed by atoms with Gasteiger partial charge in [0.2, 0.25) is 5.71 Å². The molecule has 2 aromatic rings. The predicted molar refractivity (Wildman–Crippen MR) is 62.3 cm³/mol. The Hall–Kier alpha value is -2.10. The third kappa shape index (κ3) is 2.28. The van der Waals surface area contributed by atoms with E-state index in [2.05, 4.69) is 4.98 Å².